The van der Waals surface area contributed by atoms with E-state index in [0.29, 0.717) is 16.5 Å². The van der Waals surface area contributed by atoms with Crippen LogP contribution in [0.4, 0.5) is 13.2 Å². The molecule has 4 N–H and O–H groups in total. The molecule has 2 atom stereocenters. The van der Waals surface area contributed by atoms with Crippen molar-refractivity contribution in [3.63, 3.8) is 0 Å². The predicted octanol–water partition coefficient (Wildman–Crippen LogP) is 2.08. The highest BCUT2D eigenvalue weighted by atomic mass is 32.1. The molecular weight excluding hydrogens is 445 g/mol. The van der Waals surface area contributed by atoms with E-state index in [1.54, 1.807) is 17.5 Å². The van der Waals surface area contributed by atoms with Gasteiger partial charge < -0.3 is 20.9 Å². The number of hydrogen-bond donors (Lipinski definition) is 3. The first-order valence-corrected chi connectivity index (χ1v) is 10.4. The van der Waals surface area contributed by atoms with Gasteiger partial charge in [0.05, 0.1) is 24.2 Å². The number of likely N-dealkylation sites (tertiary alicyclic amines) is 1. The lowest BCUT2D eigenvalue weighted by atomic mass is 9.95. The number of alkyl halides is 3. The second-order valence-corrected chi connectivity index (χ2v) is 8.37. The molecule has 2 aliphatic heterocycles. The maximum Gasteiger partial charge on any atom is 0.418 e. The number of nitriles is 1. The fraction of sp³-hybridized carbons (Fsp3) is 0.350. The van der Waals surface area contributed by atoms with Crippen molar-refractivity contribution in [3.05, 3.63) is 58.0 Å². The molecule has 0 aromatic carbocycles. The van der Waals surface area contributed by atoms with E-state index < -0.39 is 30.4 Å². The number of methoxy groups -OCH3 is 1. The molecule has 168 valence electrons. The van der Waals surface area contributed by atoms with Gasteiger partial charge in [-0.05, 0) is 18.6 Å². The second kappa shape index (κ2) is 7.77. The van der Waals surface area contributed by atoms with E-state index in [4.69, 9.17) is 10.5 Å². The van der Waals surface area contributed by atoms with Crippen LogP contribution in [0.2, 0.25) is 0 Å². The molecule has 12 heteroatoms. The molecule has 0 bridgehead atoms. The smallest absolute Gasteiger partial charge is 0.418 e. The molecule has 8 nitrogen and oxygen atoms in total. The summed E-state index contributed by atoms with van der Waals surface area (Å²) in [7, 11) is 1.48. The summed E-state index contributed by atoms with van der Waals surface area (Å²) in [4.78, 5) is 10.0. The summed E-state index contributed by atoms with van der Waals surface area (Å²) in [6.45, 7) is -0.791. The molecule has 1 saturated heterocycles. The summed E-state index contributed by atoms with van der Waals surface area (Å²) in [6, 6.07) is 5.24. The molecule has 0 spiro atoms. The Hall–Kier alpha value is -3.14. The number of ether oxygens (including phenoxy) is 1. The zero-order valence-corrected chi connectivity index (χ0v) is 17.7. The molecule has 4 heterocycles. The molecule has 2 aromatic heterocycles. The van der Waals surface area contributed by atoms with Crippen molar-refractivity contribution in [2.45, 2.75) is 23.9 Å². The maximum atomic E-state index is 13.5. The number of thiazole rings is 1. The molecule has 32 heavy (non-hydrogen) atoms. The van der Waals surface area contributed by atoms with E-state index in [1.807, 2.05) is 6.07 Å². The molecule has 2 aliphatic rings. The third-order valence-corrected chi connectivity index (χ3v) is 6.48. The Bertz CT molecular complexity index is 1130. The number of hydrogen-bond acceptors (Lipinski definition) is 9. The third kappa shape index (κ3) is 3.48. The molecular formula is C20H19F3N6O2S. The Kier molecular flexibility index (Phi) is 5.36. The monoisotopic (exact) mass is 464 g/mol. The van der Waals surface area contributed by atoms with Crippen molar-refractivity contribution in [2.24, 2.45) is 5.73 Å². The van der Waals surface area contributed by atoms with Gasteiger partial charge >= 0.3 is 6.18 Å². The number of rotatable bonds is 4. The molecule has 1 fully saturated rings. The first kappa shape index (κ1) is 22.1. The summed E-state index contributed by atoms with van der Waals surface area (Å²) >= 11 is 1.21. The molecule has 2 aromatic rings. The molecule has 2 unspecified atom stereocenters. The van der Waals surface area contributed by atoms with Crippen LogP contribution < -0.4 is 15.8 Å². The number of dihydropyridines is 1. The van der Waals surface area contributed by atoms with Crippen LogP contribution >= 0.6 is 11.3 Å². The third-order valence-electron chi connectivity index (χ3n) is 5.59. The minimum Gasteiger partial charge on any atom is -0.497 e. The quantitative estimate of drug-likeness (QED) is 0.629. The number of nitrogens with zero attached hydrogens (tertiary/aromatic N) is 4. The van der Waals surface area contributed by atoms with Crippen molar-refractivity contribution in [2.75, 3.05) is 20.2 Å². The van der Waals surface area contributed by atoms with Crippen LogP contribution in [0.5, 0.6) is 5.75 Å². The highest BCUT2D eigenvalue weighted by Crippen LogP contribution is 2.45. The number of aliphatic hydroxyl groups is 1. The largest absolute Gasteiger partial charge is 0.497 e. The molecule has 0 radical (unpaired) electrons. The lowest BCUT2D eigenvalue weighted by molar-refractivity contribution is -0.255. The zero-order valence-electron chi connectivity index (χ0n) is 16.8. The fourth-order valence-electron chi connectivity index (χ4n) is 3.88. The average Bonchev–Trinajstić information content (AvgIpc) is 3.44. The normalized spacial score (nSPS) is 26.4. The van der Waals surface area contributed by atoms with E-state index >= 15 is 0 Å². The summed E-state index contributed by atoms with van der Waals surface area (Å²) in [5.74, 6) is 0.474. The van der Waals surface area contributed by atoms with Crippen LogP contribution in [0.1, 0.15) is 17.1 Å². The summed E-state index contributed by atoms with van der Waals surface area (Å²) in [5.41, 5.74) is 2.63. The minimum atomic E-state index is -4.80. The van der Waals surface area contributed by atoms with Gasteiger partial charge in [-0.3, -0.25) is 9.88 Å². The number of nitrogens with one attached hydrogen (secondary N) is 1. The van der Waals surface area contributed by atoms with Gasteiger partial charge in [0.25, 0.3) is 0 Å². The van der Waals surface area contributed by atoms with Gasteiger partial charge in [0.2, 0.25) is 0 Å². The summed E-state index contributed by atoms with van der Waals surface area (Å²) in [5, 5.41) is 25.3. The first-order valence-electron chi connectivity index (χ1n) is 9.49. The fourth-order valence-corrected chi connectivity index (χ4v) is 4.67. The molecule has 0 aliphatic carbocycles. The number of halogens is 3. The highest BCUT2D eigenvalue weighted by Gasteiger charge is 2.60. The zero-order chi connectivity index (χ0) is 23.1. The number of pyridine rings is 1. The Morgan fingerprint density at radius 3 is 2.75 bits per heavy atom. The number of nitrogens with two attached hydrogens (primary N) is 1. The van der Waals surface area contributed by atoms with Crippen molar-refractivity contribution < 1.29 is 23.0 Å². The van der Waals surface area contributed by atoms with Crippen LogP contribution in [0.15, 0.2) is 47.3 Å². The summed E-state index contributed by atoms with van der Waals surface area (Å²) in [6.07, 6.45) is -0.848. The van der Waals surface area contributed by atoms with Crippen LogP contribution in [0, 0.1) is 11.3 Å². The van der Waals surface area contributed by atoms with Gasteiger partial charge in [-0.15, -0.1) is 11.3 Å². The standard InChI is InChI=1S/C20H19F3N6O2S/c1-31-12-2-4-26-15(8-12)16-13(10-24)14(25)9-19(28-16,17-27-5-7-32-17)29-6-3-18(30,11-29)20(21,22)23/h2,4-5,7-9,28,30H,3,6,11,25H2,1H3. The number of β-amino-alcohol motifs (C(OH)–C–C–N with tert-alkyl or cyclic N) is 1. The first-order chi connectivity index (χ1) is 15.1. The Morgan fingerprint density at radius 1 is 1.38 bits per heavy atom. The van der Waals surface area contributed by atoms with E-state index in [0.717, 1.165) is 0 Å². The van der Waals surface area contributed by atoms with Crippen molar-refractivity contribution in [3.8, 4) is 11.8 Å². The highest BCUT2D eigenvalue weighted by molar-refractivity contribution is 7.09. The van der Waals surface area contributed by atoms with E-state index in [1.165, 1.54) is 41.8 Å². The van der Waals surface area contributed by atoms with Crippen LogP contribution in [0.25, 0.3) is 5.70 Å². The van der Waals surface area contributed by atoms with Gasteiger partial charge in [-0.1, -0.05) is 0 Å². The topological polar surface area (TPSA) is 120 Å². The van der Waals surface area contributed by atoms with Crippen molar-refractivity contribution in [1.29, 1.82) is 5.26 Å². The molecule has 0 saturated carbocycles. The number of aromatic nitrogens is 2. The lowest BCUT2D eigenvalue weighted by Gasteiger charge is -2.43. The van der Waals surface area contributed by atoms with Crippen LogP contribution in [0.3, 0.4) is 0 Å². The summed E-state index contributed by atoms with van der Waals surface area (Å²) < 4.78 is 45.9. The van der Waals surface area contributed by atoms with Crippen LogP contribution in [-0.4, -0.2) is 52.0 Å². The SMILES string of the molecule is COc1ccnc(C2=C(C#N)C(N)=CC(c3nccs3)(N3CCC(O)(C(F)(F)F)C3)N2)c1. The Morgan fingerprint density at radius 2 is 2.16 bits per heavy atom. The molecule has 0 amide bonds. The Balaban J connectivity index is 1.85. The second-order valence-electron chi connectivity index (χ2n) is 7.47. The van der Waals surface area contributed by atoms with Crippen molar-refractivity contribution >= 4 is 17.0 Å². The number of allylic oxidation sites excluding steroid dienone is 1. The van der Waals surface area contributed by atoms with Gasteiger partial charge in [0.15, 0.2) is 11.3 Å². The maximum absolute atomic E-state index is 13.5. The predicted molar refractivity (Wildman–Crippen MR) is 110 cm³/mol. The van der Waals surface area contributed by atoms with E-state index in [9.17, 15) is 23.5 Å². The average molecular weight is 464 g/mol. The van der Waals surface area contributed by atoms with Crippen LogP contribution in [-0.2, 0) is 5.66 Å². The Labute approximate surface area is 185 Å². The van der Waals surface area contributed by atoms with E-state index in [2.05, 4.69) is 15.3 Å². The minimum absolute atomic E-state index is 0.0588. The van der Waals surface area contributed by atoms with Crippen molar-refractivity contribution in [1.82, 2.24) is 20.2 Å². The van der Waals surface area contributed by atoms with E-state index in [-0.39, 0.29) is 23.5 Å². The van der Waals surface area contributed by atoms with Gasteiger partial charge in [0, 0.05) is 36.9 Å². The van der Waals surface area contributed by atoms with Gasteiger partial charge in [-0.25, -0.2) is 4.98 Å². The van der Waals surface area contributed by atoms with Gasteiger partial charge in [0.1, 0.15) is 22.4 Å². The van der Waals surface area contributed by atoms with Gasteiger partial charge in [-0.2, -0.15) is 18.4 Å². The lowest BCUT2D eigenvalue weighted by Crippen LogP contribution is -2.58. The molecule has 4 rings (SSSR count).